The quantitative estimate of drug-likeness (QED) is 0.876. The molecule has 1 atom stereocenters. The molecule has 0 saturated heterocycles. The molecule has 0 saturated carbocycles. The van der Waals surface area contributed by atoms with Crippen molar-refractivity contribution in [1.29, 1.82) is 0 Å². The zero-order valence-electron chi connectivity index (χ0n) is 13.2. The Morgan fingerprint density at radius 2 is 2.08 bits per heavy atom. The normalized spacial score (nSPS) is 12.7. The summed E-state index contributed by atoms with van der Waals surface area (Å²) in [6.07, 6.45) is -4.46. The zero-order valence-corrected chi connectivity index (χ0v) is 13.2. The van der Waals surface area contributed by atoms with Crippen molar-refractivity contribution in [2.24, 2.45) is 0 Å². The van der Waals surface area contributed by atoms with Crippen LogP contribution in [0, 0.1) is 6.92 Å². The average Bonchev–Trinajstić information content (AvgIpc) is 2.89. The van der Waals surface area contributed by atoms with Crippen molar-refractivity contribution in [3.05, 3.63) is 47.3 Å². The number of para-hydroxylation sites is 1. The van der Waals surface area contributed by atoms with Crippen LogP contribution < -0.4 is 10.1 Å². The zero-order chi connectivity index (χ0) is 17.7. The van der Waals surface area contributed by atoms with Gasteiger partial charge in [0.15, 0.2) is 0 Å². The minimum absolute atomic E-state index is 0.0286. The van der Waals surface area contributed by atoms with E-state index in [9.17, 15) is 18.0 Å². The van der Waals surface area contributed by atoms with E-state index in [2.05, 4.69) is 10.5 Å². The van der Waals surface area contributed by atoms with Crippen LogP contribution in [0.25, 0.3) is 0 Å². The molecule has 2 aromatic rings. The van der Waals surface area contributed by atoms with Crippen molar-refractivity contribution in [2.75, 3.05) is 6.61 Å². The van der Waals surface area contributed by atoms with Gasteiger partial charge in [-0.15, -0.1) is 0 Å². The van der Waals surface area contributed by atoms with Crippen molar-refractivity contribution in [3.8, 4) is 5.75 Å². The molecule has 1 aromatic heterocycles. The highest BCUT2D eigenvalue weighted by Gasteiger charge is 2.34. The molecule has 0 spiro atoms. The van der Waals surface area contributed by atoms with Gasteiger partial charge in [0.1, 0.15) is 18.1 Å². The molecule has 0 radical (unpaired) electrons. The molecule has 0 unspecified atom stereocenters. The Labute approximate surface area is 136 Å². The van der Waals surface area contributed by atoms with Gasteiger partial charge in [-0.2, -0.15) is 13.2 Å². The highest BCUT2D eigenvalue weighted by molar-refractivity contribution is 5.78. The van der Waals surface area contributed by atoms with Gasteiger partial charge in [-0.1, -0.05) is 17.3 Å². The third kappa shape index (κ3) is 5.00. The molecule has 0 aliphatic carbocycles. The number of rotatable bonds is 6. The third-order valence-corrected chi connectivity index (χ3v) is 3.11. The fraction of sp³-hybridized carbons (Fsp3) is 0.375. The van der Waals surface area contributed by atoms with Crippen LogP contribution in [0.3, 0.4) is 0 Å². The van der Waals surface area contributed by atoms with Crippen molar-refractivity contribution in [1.82, 2.24) is 10.5 Å². The monoisotopic (exact) mass is 342 g/mol. The summed E-state index contributed by atoms with van der Waals surface area (Å²) in [7, 11) is 0. The number of benzene rings is 1. The molecule has 2 rings (SSSR count). The Morgan fingerprint density at radius 3 is 2.71 bits per heavy atom. The van der Waals surface area contributed by atoms with Gasteiger partial charge < -0.3 is 14.6 Å². The molecule has 8 heteroatoms. The van der Waals surface area contributed by atoms with Crippen LogP contribution in [0.2, 0.25) is 0 Å². The fourth-order valence-corrected chi connectivity index (χ4v) is 2.07. The summed E-state index contributed by atoms with van der Waals surface area (Å²) in [6, 6.07) is 6.12. The van der Waals surface area contributed by atoms with Crippen molar-refractivity contribution >= 4 is 5.91 Å². The summed E-state index contributed by atoms with van der Waals surface area (Å²) in [4.78, 5) is 11.8. The minimum Gasteiger partial charge on any atom is -0.491 e. The van der Waals surface area contributed by atoms with Crippen LogP contribution in [0.1, 0.15) is 23.9 Å². The number of hydrogen-bond acceptors (Lipinski definition) is 4. The second kappa shape index (κ2) is 7.37. The van der Waals surface area contributed by atoms with E-state index in [0.29, 0.717) is 11.5 Å². The number of aryl methyl sites for hydroxylation is 1. The van der Waals surface area contributed by atoms with Gasteiger partial charge in [0.2, 0.25) is 5.91 Å². The first-order valence-corrected chi connectivity index (χ1v) is 7.26. The molecule has 1 heterocycles. The molecule has 0 bridgehead atoms. The molecule has 1 N–H and O–H groups in total. The number of ether oxygens (including phenoxy) is 1. The Morgan fingerprint density at radius 1 is 1.38 bits per heavy atom. The first kappa shape index (κ1) is 17.8. The number of nitrogens with zero attached hydrogens (tertiary/aromatic N) is 1. The standard InChI is InChI=1S/C16H17F3N2O3/c1-10(20-15(22)8-12-7-11(2)24-21-12)9-23-14-6-4-3-5-13(14)16(17,18)19/h3-7,10H,8-9H2,1-2H3,(H,20,22)/t10-/m1/s1. The number of amides is 1. The Kier molecular flexibility index (Phi) is 5.48. The first-order chi connectivity index (χ1) is 11.3. The molecular weight excluding hydrogens is 325 g/mol. The molecule has 1 aromatic carbocycles. The highest BCUT2D eigenvalue weighted by Crippen LogP contribution is 2.35. The highest BCUT2D eigenvalue weighted by atomic mass is 19.4. The van der Waals surface area contributed by atoms with Gasteiger partial charge >= 0.3 is 6.18 Å². The summed E-state index contributed by atoms with van der Waals surface area (Å²) in [5.74, 6) is 0.0136. The van der Waals surface area contributed by atoms with Crippen LogP contribution in [-0.4, -0.2) is 23.7 Å². The predicted molar refractivity (Wildman–Crippen MR) is 79.5 cm³/mol. The number of aromatic nitrogens is 1. The molecule has 0 fully saturated rings. The number of alkyl halides is 3. The van der Waals surface area contributed by atoms with Gasteiger partial charge in [-0.05, 0) is 26.0 Å². The Bertz CT molecular complexity index is 698. The van der Waals surface area contributed by atoms with Gasteiger partial charge in [-0.3, -0.25) is 4.79 Å². The van der Waals surface area contributed by atoms with E-state index < -0.39 is 17.8 Å². The SMILES string of the molecule is Cc1cc(CC(=O)N[C@H](C)COc2ccccc2C(F)(F)F)no1. The lowest BCUT2D eigenvalue weighted by molar-refractivity contribution is -0.139. The maximum atomic E-state index is 12.9. The lowest BCUT2D eigenvalue weighted by Gasteiger charge is -2.17. The second-order valence-electron chi connectivity index (χ2n) is 5.38. The summed E-state index contributed by atoms with van der Waals surface area (Å²) in [5, 5.41) is 6.34. The van der Waals surface area contributed by atoms with Gasteiger partial charge in [-0.25, -0.2) is 0 Å². The summed E-state index contributed by atoms with van der Waals surface area (Å²) in [6.45, 7) is 3.27. The van der Waals surface area contributed by atoms with E-state index >= 15 is 0 Å². The maximum Gasteiger partial charge on any atom is 0.419 e. The largest absolute Gasteiger partial charge is 0.491 e. The number of carbonyl (C=O) groups is 1. The summed E-state index contributed by atoms with van der Waals surface area (Å²) in [5.41, 5.74) is -0.359. The Hall–Kier alpha value is -2.51. The smallest absolute Gasteiger partial charge is 0.419 e. The lowest BCUT2D eigenvalue weighted by Crippen LogP contribution is -2.37. The predicted octanol–water partition coefficient (Wildman–Crippen LogP) is 3.13. The molecule has 0 aliphatic rings. The minimum atomic E-state index is -4.49. The molecule has 5 nitrogen and oxygen atoms in total. The van der Waals surface area contributed by atoms with Crippen molar-refractivity contribution < 1.29 is 27.2 Å². The van der Waals surface area contributed by atoms with E-state index in [1.165, 1.54) is 18.2 Å². The van der Waals surface area contributed by atoms with Gasteiger partial charge in [0.25, 0.3) is 0 Å². The first-order valence-electron chi connectivity index (χ1n) is 7.26. The van der Waals surface area contributed by atoms with E-state index in [4.69, 9.17) is 9.26 Å². The second-order valence-corrected chi connectivity index (χ2v) is 5.38. The van der Waals surface area contributed by atoms with Crippen LogP contribution in [0.5, 0.6) is 5.75 Å². The van der Waals surface area contributed by atoms with Crippen LogP contribution >= 0.6 is 0 Å². The Balaban J connectivity index is 1.87. The summed E-state index contributed by atoms with van der Waals surface area (Å²) < 4.78 is 48.7. The van der Waals surface area contributed by atoms with Crippen LogP contribution in [0.15, 0.2) is 34.9 Å². The molecule has 130 valence electrons. The van der Waals surface area contributed by atoms with Gasteiger partial charge in [0, 0.05) is 6.07 Å². The number of hydrogen-bond donors (Lipinski definition) is 1. The molecule has 0 aliphatic heterocycles. The van der Waals surface area contributed by atoms with Crippen LogP contribution in [0.4, 0.5) is 13.2 Å². The van der Waals surface area contributed by atoms with E-state index in [0.717, 1.165) is 6.07 Å². The van der Waals surface area contributed by atoms with Crippen molar-refractivity contribution in [2.45, 2.75) is 32.5 Å². The lowest BCUT2D eigenvalue weighted by atomic mass is 10.2. The van der Waals surface area contributed by atoms with E-state index in [1.54, 1.807) is 19.9 Å². The molecule has 1 amide bonds. The number of halogens is 3. The molecular formula is C16H17F3N2O3. The fourth-order valence-electron chi connectivity index (χ4n) is 2.07. The van der Waals surface area contributed by atoms with Crippen molar-refractivity contribution in [3.63, 3.8) is 0 Å². The average molecular weight is 342 g/mol. The van der Waals surface area contributed by atoms with E-state index in [-0.39, 0.29) is 24.7 Å². The molecule has 24 heavy (non-hydrogen) atoms. The number of carbonyl (C=O) groups excluding carboxylic acids is 1. The van der Waals surface area contributed by atoms with Crippen LogP contribution in [-0.2, 0) is 17.4 Å². The van der Waals surface area contributed by atoms with E-state index in [1.807, 2.05) is 0 Å². The van der Waals surface area contributed by atoms with Gasteiger partial charge in [0.05, 0.1) is 23.7 Å². The summed E-state index contributed by atoms with van der Waals surface area (Å²) >= 11 is 0. The maximum absolute atomic E-state index is 12.9. The topological polar surface area (TPSA) is 64.4 Å². The third-order valence-electron chi connectivity index (χ3n) is 3.11. The number of nitrogens with one attached hydrogen (secondary N) is 1.